The van der Waals surface area contributed by atoms with E-state index in [1.807, 2.05) is 0 Å². The van der Waals surface area contributed by atoms with Crippen LogP contribution in [0.1, 0.15) is 25.7 Å². The van der Waals surface area contributed by atoms with Gasteiger partial charge in [0, 0.05) is 11.4 Å². The number of anilines is 2. The molecule has 0 heterocycles. The Morgan fingerprint density at radius 3 is 2.42 bits per heavy atom. The lowest BCUT2D eigenvalue weighted by Gasteiger charge is -2.29. The van der Waals surface area contributed by atoms with Crippen LogP contribution in [0.4, 0.5) is 11.4 Å². The molecule has 19 heavy (non-hydrogen) atoms. The number of nitrogens with two attached hydrogens (primary N) is 2. The Bertz CT molecular complexity index is 566. The molecule has 0 amide bonds. The molecule has 6 N–H and O–H groups in total. The third kappa shape index (κ3) is 3.17. The summed E-state index contributed by atoms with van der Waals surface area (Å²) in [5, 5.41) is 17.9. The van der Waals surface area contributed by atoms with Gasteiger partial charge in [0.1, 0.15) is 0 Å². The van der Waals surface area contributed by atoms with Gasteiger partial charge in [0.2, 0.25) is 10.0 Å². The van der Waals surface area contributed by atoms with E-state index in [1.54, 1.807) is 6.07 Å². The van der Waals surface area contributed by atoms with Crippen LogP contribution in [0.25, 0.3) is 0 Å². The molecule has 0 unspecified atom stereocenters. The van der Waals surface area contributed by atoms with Crippen molar-refractivity contribution >= 4 is 21.4 Å². The molecule has 0 saturated heterocycles. The number of nitrogens with one attached hydrogen (secondary N) is 1. The maximum absolute atomic E-state index is 11.4. The Kier molecular flexibility index (Phi) is 3.71. The van der Waals surface area contributed by atoms with Crippen LogP contribution in [-0.4, -0.2) is 25.7 Å². The van der Waals surface area contributed by atoms with E-state index in [2.05, 4.69) is 5.32 Å². The number of aliphatic hydroxyl groups is 1. The Balaban J connectivity index is 2.33. The van der Waals surface area contributed by atoms with Crippen molar-refractivity contribution in [1.82, 2.24) is 0 Å². The van der Waals surface area contributed by atoms with Crippen molar-refractivity contribution in [2.45, 2.75) is 36.1 Å². The van der Waals surface area contributed by atoms with Crippen molar-refractivity contribution < 1.29 is 13.5 Å². The Morgan fingerprint density at radius 2 is 1.89 bits per heavy atom. The van der Waals surface area contributed by atoms with Crippen LogP contribution in [0.3, 0.4) is 0 Å². The highest BCUT2D eigenvalue weighted by molar-refractivity contribution is 7.89. The molecule has 2 rings (SSSR count). The van der Waals surface area contributed by atoms with Gasteiger partial charge < -0.3 is 16.2 Å². The van der Waals surface area contributed by atoms with Crippen LogP contribution >= 0.6 is 0 Å². The lowest BCUT2D eigenvalue weighted by atomic mass is 9.98. The largest absolute Gasteiger partial charge is 0.399 e. The number of primary sulfonamides is 1. The van der Waals surface area contributed by atoms with Crippen LogP contribution < -0.4 is 16.2 Å². The second-order valence-corrected chi connectivity index (χ2v) is 6.67. The first-order valence-electron chi connectivity index (χ1n) is 6.17. The minimum absolute atomic E-state index is 0.00646. The first kappa shape index (κ1) is 14.1. The molecule has 1 aromatic rings. The van der Waals surface area contributed by atoms with E-state index < -0.39 is 10.0 Å². The predicted octanol–water partition coefficient (Wildman–Crippen LogP) is 0.633. The lowest BCUT2D eigenvalue weighted by Crippen LogP contribution is -2.39. The number of nitrogen functional groups attached to an aromatic ring is 1. The molecule has 7 heteroatoms. The van der Waals surface area contributed by atoms with Gasteiger partial charge in [-0.15, -0.1) is 0 Å². The number of aliphatic hydroxyl groups excluding tert-OH is 1. The van der Waals surface area contributed by atoms with Gasteiger partial charge in [0.15, 0.2) is 0 Å². The molecule has 1 aliphatic rings. The number of hydrogen-bond acceptors (Lipinski definition) is 5. The molecule has 106 valence electrons. The van der Waals surface area contributed by atoms with Crippen LogP contribution in [-0.2, 0) is 10.0 Å². The fraction of sp³-hybridized carbons (Fsp3) is 0.500. The number of benzene rings is 1. The summed E-state index contributed by atoms with van der Waals surface area (Å²) in [6.45, 7) is 0.00646. The first-order valence-corrected chi connectivity index (χ1v) is 7.72. The average Bonchev–Trinajstić information content (AvgIpc) is 2.76. The van der Waals surface area contributed by atoms with Crippen molar-refractivity contribution in [1.29, 1.82) is 0 Å². The molecule has 0 spiro atoms. The molecule has 0 bridgehead atoms. The molecule has 1 aromatic carbocycles. The molecular weight excluding hydrogens is 266 g/mol. The molecule has 0 atom stereocenters. The SMILES string of the molecule is Nc1cc(NC2(CO)CCCC2)cc(S(N)(=O)=O)c1. The second-order valence-electron chi connectivity index (χ2n) is 5.11. The quantitative estimate of drug-likeness (QED) is 0.605. The Hall–Kier alpha value is -1.31. The number of sulfonamides is 1. The molecule has 0 aromatic heterocycles. The molecule has 6 nitrogen and oxygen atoms in total. The zero-order valence-electron chi connectivity index (χ0n) is 10.6. The molecule has 1 saturated carbocycles. The number of hydrogen-bond donors (Lipinski definition) is 4. The maximum Gasteiger partial charge on any atom is 0.238 e. The van der Waals surface area contributed by atoms with Crippen molar-refractivity contribution in [2.75, 3.05) is 17.7 Å². The monoisotopic (exact) mass is 285 g/mol. The van der Waals surface area contributed by atoms with E-state index in [-0.39, 0.29) is 17.0 Å². The van der Waals surface area contributed by atoms with Crippen LogP contribution in [0, 0.1) is 0 Å². The molecule has 0 aliphatic heterocycles. The first-order chi connectivity index (χ1) is 8.85. The van der Waals surface area contributed by atoms with E-state index >= 15 is 0 Å². The average molecular weight is 285 g/mol. The highest BCUT2D eigenvalue weighted by Gasteiger charge is 2.33. The summed E-state index contributed by atoms with van der Waals surface area (Å²) in [5.74, 6) is 0. The maximum atomic E-state index is 11.4. The highest BCUT2D eigenvalue weighted by atomic mass is 32.2. The van der Waals surface area contributed by atoms with Crippen molar-refractivity contribution in [2.24, 2.45) is 5.14 Å². The van der Waals surface area contributed by atoms with Gasteiger partial charge in [-0.05, 0) is 31.0 Å². The van der Waals surface area contributed by atoms with E-state index in [0.717, 1.165) is 25.7 Å². The highest BCUT2D eigenvalue weighted by Crippen LogP contribution is 2.33. The van der Waals surface area contributed by atoms with Crippen LogP contribution in [0.5, 0.6) is 0 Å². The Morgan fingerprint density at radius 1 is 1.26 bits per heavy atom. The van der Waals surface area contributed by atoms with E-state index in [0.29, 0.717) is 11.4 Å². The molecule has 1 aliphatic carbocycles. The van der Waals surface area contributed by atoms with Gasteiger partial charge >= 0.3 is 0 Å². The van der Waals surface area contributed by atoms with Crippen molar-refractivity contribution in [3.05, 3.63) is 18.2 Å². The Labute approximate surface area is 112 Å². The zero-order valence-corrected chi connectivity index (χ0v) is 11.4. The summed E-state index contributed by atoms with van der Waals surface area (Å²) < 4.78 is 22.7. The summed E-state index contributed by atoms with van der Waals surface area (Å²) in [5.41, 5.74) is 6.20. The summed E-state index contributed by atoms with van der Waals surface area (Å²) in [6, 6.07) is 4.41. The van der Waals surface area contributed by atoms with Gasteiger partial charge in [-0.3, -0.25) is 0 Å². The van der Waals surface area contributed by atoms with Gasteiger partial charge in [-0.1, -0.05) is 12.8 Å². The fourth-order valence-electron chi connectivity index (χ4n) is 2.54. The minimum Gasteiger partial charge on any atom is -0.399 e. The van der Waals surface area contributed by atoms with Gasteiger partial charge in [0.05, 0.1) is 17.0 Å². The van der Waals surface area contributed by atoms with Gasteiger partial charge in [-0.2, -0.15) is 0 Å². The lowest BCUT2D eigenvalue weighted by molar-refractivity contribution is 0.214. The molecule has 1 fully saturated rings. The number of rotatable bonds is 4. The summed E-state index contributed by atoms with van der Waals surface area (Å²) in [7, 11) is -3.79. The normalized spacial score (nSPS) is 18.4. The summed E-state index contributed by atoms with van der Waals surface area (Å²) in [4.78, 5) is -0.0268. The van der Waals surface area contributed by atoms with Crippen molar-refractivity contribution in [3.8, 4) is 0 Å². The fourth-order valence-corrected chi connectivity index (χ4v) is 3.13. The summed E-state index contributed by atoms with van der Waals surface area (Å²) >= 11 is 0. The van der Waals surface area contributed by atoms with Gasteiger partial charge in [0.25, 0.3) is 0 Å². The van der Waals surface area contributed by atoms with Crippen LogP contribution in [0.15, 0.2) is 23.1 Å². The zero-order chi connectivity index (χ0) is 14.1. The van der Waals surface area contributed by atoms with Crippen molar-refractivity contribution in [3.63, 3.8) is 0 Å². The third-order valence-electron chi connectivity index (χ3n) is 3.53. The smallest absolute Gasteiger partial charge is 0.238 e. The van der Waals surface area contributed by atoms with E-state index in [9.17, 15) is 13.5 Å². The summed E-state index contributed by atoms with van der Waals surface area (Å²) in [6.07, 6.45) is 3.78. The van der Waals surface area contributed by atoms with E-state index in [1.165, 1.54) is 12.1 Å². The predicted molar refractivity (Wildman–Crippen MR) is 74.1 cm³/mol. The minimum atomic E-state index is -3.79. The molecule has 0 radical (unpaired) electrons. The van der Waals surface area contributed by atoms with Crippen LogP contribution in [0.2, 0.25) is 0 Å². The standard InChI is InChI=1S/C12H19N3O3S/c13-9-5-10(7-11(6-9)19(14,17)18)15-12(8-16)3-1-2-4-12/h5-7,15-16H,1-4,8,13H2,(H2,14,17,18). The topological polar surface area (TPSA) is 118 Å². The second kappa shape index (κ2) is 4.99. The van der Waals surface area contributed by atoms with Gasteiger partial charge in [-0.25, -0.2) is 13.6 Å². The van der Waals surface area contributed by atoms with E-state index in [4.69, 9.17) is 10.9 Å². The molecular formula is C12H19N3O3S. The third-order valence-corrected chi connectivity index (χ3v) is 4.42.